The van der Waals surface area contributed by atoms with Crippen molar-refractivity contribution in [2.45, 2.75) is 25.4 Å². The molecule has 1 atom stereocenters. The van der Waals surface area contributed by atoms with Crippen LogP contribution in [0, 0.1) is 5.92 Å². The first kappa shape index (κ1) is 12.6. The summed E-state index contributed by atoms with van der Waals surface area (Å²) in [7, 11) is 1.79. The topological polar surface area (TPSA) is 21.3 Å². The van der Waals surface area contributed by atoms with Crippen LogP contribution >= 0.6 is 0 Å². The minimum atomic E-state index is 0.504. The van der Waals surface area contributed by atoms with Gasteiger partial charge in [-0.05, 0) is 35.1 Å². The van der Waals surface area contributed by atoms with Crippen molar-refractivity contribution < 1.29 is 4.74 Å². The van der Waals surface area contributed by atoms with E-state index < -0.39 is 0 Å². The maximum Gasteiger partial charge on any atom is 0.0618 e. The molecule has 0 heterocycles. The first-order valence-corrected chi connectivity index (χ1v) is 7.07. The highest BCUT2D eigenvalue weighted by atomic mass is 16.5. The van der Waals surface area contributed by atoms with Crippen LogP contribution in [0.5, 0.6) is 0 Å². The van der Waals surface area contributed by atoms with E-state index in [0.29, 0.717) is 6.04 Å². The molecule has 1 N–H and O–H groups in total. The van der Waals surface area contributed by atoms with Gasteiger partial charge in [-0.1, -0.05) is 42.5 Å². The highest BCUT2D eigenvalue weighted by Crippen LogP contribution is 2.33. The van der Waals surface area contributed by atoms with E-state index in [1.54, 1.807) is 7.11 Å². The van der Waals surface area contributed by atoms with Crippen molar-refractivity contribution in [1.82, 2.24) is 5.32 Å². The van der Waals surface area contributed by atoms with Crippen molar-refractivity contribution in [1.29, 1.82) is 0 Å². The molecule has 0 aromatic heterocycles. The van der Waals surface area contributed by atoms with Crippen LogP contribution in [-0.4, -0.2) is 19.8 Å². The van der Waals surface area contributed by atoms with Gasteiger partial charge in [0.15, 0.2) is 0 Å². The predicted octanol–water partition coefficient (Wildman–Crippen LogP) is 3.35. The van der Waals surface area contributed by atoms with E-state index in [1.807, 2.05) is 0 Å². The molecule has 0 spiro atoms. The van der Waals surface area contributed by atoms with Crippen LogP contribution in [0.2, 0.25) is 0 Å². The van der Waals surface area contributed by atoms with Crippen LogP contribution in [0.25, 0.3) is 10.8 Å². The molecule has 0 radical (unpaired) electrons. The molecule has 1 aliphatic carbocycles. The van der Waals surface area contributed by atoms with Crippen molar-refractivity contribution in [2.75, 3.05) is 13.7 Å². The van der Waals surface area contributed by atoms with Gasteiger partial charge in [-0.25, -0.2) is 0 Å². The van der Waals surface area contributed by atoms with Crippen LogP contribution in [0.3, 0.4) is 0 Å². The lowest BCUT2D eigenvalue weighted by Gasteiger charge is -2.18. The quantitative estimate of drug-likeness (QED) is 0.854. The maximum absolute atomic E-state index is 5.32. The fraction of sp³-hybridized carbons (Fsp3) is 0.412. The smallest absolute Gasteiger partial charge is 0.0618 e. The highest BCUT2D eigenvalue weighted by Gasteiger charge is 2.30. The third kappa shape index (κ3) is 2.96. The number of rotatable bonds is 6. The second kappa shape index (κ2) is 5.72. The fourth-order valence-electron chi connectivity index (χ4n) is 2.73. The fourth-order valence-corrected chi connectivity index (χ4v) is 2.73. The zero-order valence-electron chi connectivity index (χ0n) is 11.4. The molecule has 0 saturated heterocycles. The summed E-state index contributed by atoms with van der Waals surface area (Å²) < 4.78 is 5.32. The number of hydrogen-bond donors (Lipinski definition) is 1. The molecule has 2 aromatic carbocycles. The molecule has 1 unspecified atom stereocenters. The van der Waals surface area contributed by atoms with Gasteiger partial charge in [-0.3, -0.25) is 0 Å². The molecule has 2 nitrogen and oxygen atoms in total. The lowest BCUT2D eigenvalue weighted by molar-refractivity contribution is 0.157. The van der Waals surface area contributed by atoms with Gasteiger partial charge >= 0.3 is 0 Å². The summed E-state index contributed by atoms with van der Waals surface area (Å²) in [5, 5.41) is 6.33. The summed E-state index contributed by atoms with van der Waals surface area (Å²) in [5.41, 5.74) is 1.37. The Bertz CT molecular complexity index is 542. The van der Waals surface area contributed by atoms with Crippen LogP contribution in [-0.2, 0) is 11.3 Å². The first-order valence-electron chi connectivity index (χ1n) is 7.07. The molecule has 2 aromatic rings. The summed E-state index contributed by atoms with van der Waals surface area (Å²) in [6.07, 6.45) is 2.69. The monoisotopic (exact) mass is 255 g/mol. The Balaban J connectivity index is 1.74. The summed E-state index contributed by atoms with van der Waals surface area (Å²) >= 11 is 0. The summed E-state index contributed by atoms with van der Waals surface area (Å²) in [5.74, 6) is 0.815. The van der Waals surface area contributed by atoms with Crippen molar-refractivity contribution in [3.8, 4) is 0 Å². The maximum atomic E-state index is 5.32. The Labute approximate surface area is 114 Å². The van der Waals surface area contributed by atoms with Gasteiger partial charge in [0.05, 0.1) is 6.61 Å². The average Bonchev–Trinajstić information content (AvgIpc) is 3.28. The second-order valence-electron chi connectivity index (χ2n) is 5.42. The Kier molecular flexibility index (Phi) is 3.81. The first-order chi connectivity index (χ1) is 9.38. The number of hydrogen-bond acceptors (Lipinski definition) is 2. The molecule has 0 aliphatic heterocycles. The Morgan fingerprint density at radius 1 is 1.16 bits per heavy atom. The Morgan fingerprint density at radius 2 is 1.95 bits per heavy atom. The normalized spacial score (nSPS) is 16.7. The van der Waals surface area contributed by atoms with Crippen LogP contribution < -0.4 is 5.32 Å². The summed E-state index contributed by atoms with van der Waals surface area (Å²) in [6, 6.07) is 15.6. The van der Waals surface area contributed by atoms with E-state index in [9.17, 15) is 0 Å². The van der Waals surface area contributed by atoms with Gasteiger partial charge in [0, 0.05) is 19.7 Å². The number of fused-ring (bicyclic) bond motifs is 1. The van der Waals surface area contributed by atoms with Gasteiger partial charge in [-0.15, -0.1) is 0 Å². The van der Waals surface area contributed by atoms with E-state index in [4.69, 9.17) is 4.74 Å². The number of ether oxygens (including phenoxy) is 1. The standard InChI is InChI=1S/C17H21NO/c1-19-12-17(14-9-10-14)18-11-15-7-4-6-13-5-2-3-8-16(13)15/h2-8,14,17-18H,9-12H2,1H3. The highest BCUT2D eigenvalue weighted by molar-refractivity contribution is 5.85. The molecule has 3 rings (SSSR count). The molecular formula is C17H21NO. The molecule has 0 amide bonds. The van der Waals surface area contributed by atoms with Gasteiger partial charge in [0.2, 0.25) is 0 Å². The van der Waals surface area contributed by atoms with Crippen LogP contribution in [0.1, 0.15) is 18.4 Å². The van der Waals surface area contributed by atoms with Crippen LogP contribution in [0.15, 0.2) is 42.5 Å². The van der Waals surface area contributed by atoms with Crippen molar-refractivity contribution in [3.63, 3.8) is 0 Å². The molecule has 19 heavy (non-hydrogen) atoms. The SMILES string of the molecule is COCC(NCc1cccc2ccccc12)C1CC1. The third-order valence-corrected chi connectivity index (χ3v) is 3.97. The average molecular weight is 255 g/mol. The van der Waals surface area contributed by atoms with Crippen molar-refractivity contribution >= 4 is 10.8 Å². The number of nitrogens with one attached hydrogen (secondary N) is 1. The molecule has 100 valence electrons. The molecule has 1 fully saturated rings. The predicted molar refractivity (Wildman–Crippen MR) is 79.2 cm³/mol. The number of methoxy groups -OCH3 is 1. The zero-order valence-corrected chi connectivity index (χ0v) is 11.4. The molecular weight excluding hydrogens is 234 g/mol. The minimum Gasteiger partial charge on any atom is -0.383 e. The summed E-state index contributed by atoms with van der Waals surface area (Å²) in [4.78, 5) is 0. The van der Waals surface area contributed by atoms with E-state index in [0.717, 1.165) is 19.1 Å². The van der Waals surface area contributed by atoms with E-state index in [-0.39, 0.29) is 0 Å². The van der Waals surface area contributed by atoms with Crippen molar-refractivity contribution in [3.05, 3.63) is 48.0 Å². The lowest BCUT2D eigenvalue weighted by atomic mass is 10.0. The van der Waals surface area contributed by atoms with E-state index in [2.05, 4.69) is 47.8 Å². The van der Waals surface area contributed by atoms with Crippen LogP contribution in [0.4, 0.5) is 0 Å². The van der Waals surface area contributed by atoms with E-state index >= 15 is 0 Å². The van der Waals surface area contributed by atoms with Gasteiger partial charge in [0.25, 0.3) is 0 Å². The number of benzene rings is 2. The zero-order chi connectivity index (χ0) is 13.1. The minimum absolute atomic E-state index is 0.504. The largest absolute Gasteiger partial charge is 0.383 e. The Hall–Kier alpha value is -1.38. The third-order valence-electron chi connectivity index (χ3n) is 3.97. The Morgan fingerprint density at radius 3 is 2.74 bits per heavy atom. The van der Waals surface area contributed by atoms with Gasteiger partial charge in [-0.2, -0.15) is 0 Å². The van der Waals surface area contributed by atoms with E-state index in [1.165, 1.54) is 29.2 Å². The van der Waals surface area contributed by atoms with Gasteiger partial charge in [0.1, 0.15) is 0 Å². The molecule has 1 aliphatic rings. The second-order valence-corrected chi connectivity index (χ2v) is 5.42. The van der Waals surface area contributed by atoms with Gasteiger partial charge < -0.3 is 10.1 Å². The lowest BCUT2D eigenvalue weighted by Crippen LogP contribution is -2.34. The van der Waals surface area contributed by atoms with Crippen molar-refractivity contribution in [2.24, 2.45) is 5.92 Å². The molecule has 0 bridgehead atoms. The summed E-state index contributed by atoms with van der Waals surface area (Å²) in [6.45, 7) is 1.74. The molecule has 2 heteroatoms. The molecule has 1 saturated carbocycles.